The van der Waals surface area contributed by atoms with Crippen molar-refractivity contribution in [3.05, 3.63) is 29.6 Å². The van der Waals surface area contributed by atoms with Gasteiger partial charge in [-0.05, 0) is 50.1 Å². The Balaban J connectivity index is 3.19. The Morgan fingerprint density at radius 1 is 1.21 bits per heavy atom. The van der Waals surface area contributed by atoms with E-state index >= 15 is 0 Å². The van der Waals surface area contributed by atoms with Gasteiger partial charge in [0.05, 0.1) is 0 Å². The number of nitrogens with one attached hydrogen (secondary N) is 1. The fourth-order valence-electron chi connectivity index (χ4n) is 2.14. The SMILES string of the molecule is CNC(C)c1cc(F)ccc1N(C)C(C)C(C)(C)C. The molecule has 0 saturated heterocycles. The van der Waals surface area contributed by atoms with Crippen molar-refractivity contribution < 1.29 is 4.39 Å². The Hall–Kier alpha value is -1.09. The van der Waals surface area contributed by atoms with E-state index in [4.69, 9.17) is 0 Å². The Kier molecular flexibility index (Phi) is 4.97. The van der Waals surface area contributed by atoms with Gasteiger partial charge < -0.3 is 10.2 Å². The van der Waals surface area contributed by atoms with E-state index in [-0.39, 0.29) is 17.3 Å². The number of hydrogen-bond acceptors (Lipinski definition) is 2. The molecule has 0 amide bonds. The van der Waals surface area contributed by atoms with Gasteiger partial charge in [0.2, 0.25) is 0 Å². The summed E-state index contributed by atoms with van der Waals surface area (Å²) in [4.78, 5) is 2.24. The molecule has 0 saturated carbocycles. The van der Waals surface area contributed by atoms with Crippen molar-refractivity contribution in [2.75, 3.05) is 19.0 Å². The molecule has 0 radical (unpaired) electrons. The normalized spacial score (nSPS) is 15.2. The summed E-state index contributed by atoms with van der Waals surface area (Å²) in [6.07, 6.45) is 0. The molecule has 108 valence electrons. The quantitative estimate of drug-likeness (QED) is 0.887. The highest BCUT2D eigenvalue weighted by Gasteiger charge is 2.26. The van der Waals surface area contributed by atoms with Crippen LogP contribution in [0.25, 0.3) is 0 Å². The number of benzene rings is 1. The van der Waals surface area contributed by atoms with E-state index in [9.17, 15) is 4.39 Å². The number of nitrogens with zero attached hydrogens (tertiary/aromatic N) is 1. The summed E-state index contributed by atoms with van der Waals surface area (Å²) in [5.74, 6) is -0.183. The second-order valence-electron chi connectivity index (χ2n) is 6.37. The summed E-state index contributed by atoms with van der Waals surface area (Å²) < 4.78 is 13.5. The fraction of sp³-hybridized carbons (Fsp3) is 0.625. The third-order valence-corrected chi connectivity index (χ3v) is 4.10. The van der Waals surface area contributed by atoms with E-state index in [1.807, 2.05) is 20.0 Å². The second-order valence-corrected chi connectivity index (χ2v) is 6.37. The van der Waals surface area contributed by atoms with Crippen LogP contribution in [0.4, 0.5) is 10.1 Å². The molecule has 0 aliphatic carbocycles. The third kappa shape index (κ3) is 3.69. The van der Waals surface area contributed by atoms with Crippen LogP contribution >= 0.6 is 0 Å². The van der Waals surface area contributed by atoms with Crippen molar-refractivity contribution in [3.63, 3.8) is 0 Å². The monoisotopic (exact) mass is 266 g/mol. The van der Waals surface area contributed by atoms with Crippen LogP contribution in [0, 0.1) is 11.2 Å². The van der Waals surface area contributed by atoms with Gasteiger partial charge in [-0.25, -0.2) is 4.39 Å². The summed E-state index contributed by atoms with van der Waals surface area (Å²) in [6.45, 7) is 10.9. The van der Waals surface area contributed by atoms with Gasteiger partial charge in [-0.3, -0.25) is 0 Å². The topological polar surface area (TPSA) is 15.3 Å². The van der Waals surface area contributed by atoms with Crippen LogP contribution in [-0.4, -0.2) is 20.1 Å². The fourth-order valence-corrected chi connectivity index (χ4v) is 2.14. The van der Waals surface area contributed by atoms with Gasteiger partial charge in [0.15, 0.2) is 0 Å². The van der Waals surface area contributed by atoms with Crippen molar-refractivity contribution in [2.24, 2.45) is 5.41 Å². The molecule has 0 bridgehead atoms. The lowest BCUT2D eigenvalue weighted by molar-refractivity contribution is 0.329. The molecule has 3 heteroatoms. The maximum absolute atomic E-state index is 13.5. The average molecular weight is 266 g/mol. The summed E-state index contributed by atoms with van der Waals surface area (Å²) in [5.41, 5.74) is 2.26. The summed E-state index contributed by atoms with van der Waals surface area (Å²) in [6, 6.07) is 5.53. The summed E-state index contributed by atoms with van der Waals surface area (Å²) >= 11 is 0. The highest BCUT2D eigenvalue weighted by Crippen LogP contribution is 2.32. The van der Waals surface area contributed by atoms with Crippen molar-refractivity contribution >= 4 is 5.69 Å². The number of anilines is 1. The molecule has 2 nitrogen and oxygen atoms in total. The molecule has 0 aliphatic heterocycles. The van der Waals surface area contributed by atoms with E-state index in [1.165, 1.54) is 6.07 Å². The van der Waals surface area contributed by atoms with Crippen LogP contribution < -0.4 is 10.2 Å². The molecule has 0 aliphatic rings. The summed E-state index contributed by atoms with van der Waals surface area (Å²) in [5, 5.41) is 3.19. The predicted molar refractivity (Wildman–Crippen MR) is 81.2 cm³/mol. The molecule has 19 heavy (non-hydrogen) atoms. The van der Waals surface area contributed by atoms with Crippen LogP contribution in [0.1, 0.15) is 46.2 Å². The van der Waals surface area contributed by atoms with Crippen molar-refractivity contribution in [3.8, 4) is 0 Å². The van der Waals surface area contributed by atoms with E-state index in [1.54, 1.807) is 6.07 Å². The third-order valence-electron chi connectivity index (χ3n) is 4.10. The molecule has 1 N–H and O–H groups in total. The lowest BCUT2D eigenvalue weighted by atomic mass is 9.86. The van der Waals surface area contributed by atoms with Crippen LogP contribution in [0.15, 0.2) is 18.2 Å². The number of rotatable bonds is 4. The van der Waals surface area contributed by atoms with Gasteiger partial charge >= 0.3 is 0 Å². The van der Waals surface area contributed by atoms with Gasteiger partial charge in [-0.1, -0.05) is 20.8 Å². The zero-order chi connectivity index (χ0) is 14.8. The van der Waals surface area contributed by atoms with Gasteiger partial charge in [-0.15, -0.1) is 0 Å². The highest BCUT2D eigenvalue weighted by molar-refractivity contribution is 5.55. The molecule has 0 spiro atoms. The lowest BCUT2D eigenvalue weighted by Gasteiger charge is -2.38. The zero-order valence-corrected chi connectivity index (χ0v) is 13.2. The first-order chi connectivity index (χ1) is 8.68. The average Bonchev–Trinajstić information content (AvgIpc) is 2.34. The summed E-state index contributed by atoms with van der Waals surface area (Å²) in [7, 11) is 3.97. The first-order valence-corrected chi connectivity index (χ1v) is 6.88. The second kappa shape index (κ2) is 5.91. The van der Waals surface area contributed by atoms with Crippen LogP contribution in [0.2, 0.25) is 0 Å². The molecule has 2 atom stereocenters. The molecule has 0 fully saturated rings. The van der Waals surface area contributed by atoms with E-state index in [0.717, 1.165) is 11.3 Å². The lowest BCUT2D eigenvalue weighted by Crippen LogP contribution is -2.40. The van der Waals surface area contributed by atoms with Gasteiger partial charge in [0.1, 0.15) is 5.82 Å². The molecular formula is C16H27FN2. The Labute approximate surface area is 117 Å². The highest BCUT2D eigenvalue weighted by atomic mass is 19.1. The van der Waals surface area contributed by atoms with Crippen molar-refractivity contribution in [1.82, 2.24) is 5.32 Å². The van der Waals surface area contributed by atoms with Crippen molar-refractivity contribution in [2.45, 2.75) is 46.7 Å². The molecule has 1 aromatic rings. The molecule has 1 aromatic carbocycles. The van der Waals surface area contributed by atoms with Crippen LogP contribution in [0.5, 0.6) is 0 Å². The van der Waals surface area contributed by atoms with Crippen molar-refractivity contribution in [1.29, 1.82) is 0 Å². The minimum absolute atomic E-state index is 0.125. The smallest absolute Gasteiger partial charge is 0.123 e. The maximum atomic E-state index is 13.5. The number of halogens is 1. The first-order valence-electron chi connectivity index (χ1n) is 6.88. The van der Waals surface area contributed by atoms with E-state index in [0.29, 0.717) is 6.04 Å². The maximum Gasteiger partial charge on any atom is 0.123 e. The molecule has 2 unspecified atom stereocenters. The van der Waals surface area contributed by atoms with Crippen LogP contribution in [0.3, 0.4) is 0 Å². The van der Waals surface area contributed by atoms with Gasteiger partial charge in [-0.2, -0.15) is 0 Å². The Morgan fingerprint density at radius 2 is 1.79 bits per heavy atom. The van der Waals surface area contributed by atoms with Gasteiger partial charge in [0.25, 0.3) is 0 Å². The minimum Gasteiger partial charge on any atom is -0.371 e. The standard InChI is InChI=1S/C16H27FN2/c1-11(18-6)14-10-13(17)8-9-15(14)19(7)12(2)16(3,4)5/h8-12,18H,1-7H3. The van der Waals surface area contributed by atoms with E-state index < -0.39 is 0 Å². The van der Waals surface area contributed by atoms with Gasteiger partial charge in [0, 0.05) is 24.8 Å². The molecule has 1 rings (SSSR count). The predicted octanol–water partition coefficient (Wildman–Crippen LogP) is 3.98. The minimum atomic E-state index is -0.183. The molecular weight excluding hydrogens is 239 g/mol. The molecule has 0 heterocycles. The Bertz CT molecular complexity index is 423. The first kappa shape index (κ1) is 16.0. The molecule has 0 aromatic heterocycles. The Morgan fingerprint density at radius 3 is 2.26 bits per heavy atom. The van der Waals surface area contributed by atoms with E-state index in [2.05, 4.69) is 45.0 Å². The largest absolute Gasteiger partial charge is 0.371 e. The number of hydrogen-bond donors (Lipinski definition) is 1. The zero-order valence-electron chi connectivity index (χ0n) is 13.2. The van der Waals surface area contributed by atoms with Crippen LogP contribution in [-0.2, 0) is 0 Å².